The van der Waals surface area contributed by atoms with Gasteiger partial charge in [-0.2, -0.15) is 0 Å². The minimum Gasteiger partial charge on any atom is -0.325 e. The third-order valence-electron chi connectivity index (χ3n) is 3.26. The van der Waals surface area contributed by atoms with Gasteiger partial charge in [-0.05, 0) is 32.0 Å². The van der Waals surface area contributed by atoms with Gasteiger partial charge < -0.3 is 10.6 Å². The molecule has 2 rings (SSSR count). The van der Waals surface area contributed by atoms with Crippen LogP contribution in [0.5, 0.6) is 0 Å². The zero-order valence-electron chi connectivity index (χ0n) is 11.0. The first-order valence-electron chi connectivity index (χ1n) is 6.38. The molecule has 3 N–H and O–H groups in total. The van der Waals surface area contributed by atoms with Crippen molar-refractivity contribution in [3.63, 3.8) is 0 Å². The summed E-state index contributed by atoms with van der Waals surface area (Å²) in [5.41, 5.74) is 5.90. The zero-order valence-corrected chi connectivity index (χ0v) is 11.9. The molecular formula is C12H20N4O2S. The van der Waals surface area contributed by atoms with Gasteiger partial charge in [0.1, 0.15) is 4.90 Å². The summed E-state index contributed by atoms with van der Waals surface area (Å²) in [6, 6.07) is 3.76. The van der Waals surface area contributed by atoms with Crippen LogP contribution in [0.4, 0.5) is 0 Å². The summed E-state index contributed by atoms with van der Waals surface area (Å²) in [6.45, 7) is 1.22. The number of rotatable bonds is 7. The minimum absolute atomic E-state index is 0.110. The highest BCUT2D eigenvalue weighted by Gasteiger charge is 2.26. The molecule has 0 amide bonds. The van der Waals surface area contributed by atoms with Gasteiger partial charge in [0.15, 0.2) is 0 Å². The van der Waals surface area contributed by atoms with Gasteiger partial charge in [0.05, 0.1) is 5.69 Å². The fraction of sp³-hybridized carbons (Fsp3) is 0.583. The Morgan fingerprint density at radius 2 is 2.26 bits per heavy atom. The molecular weight excluding hydrogens is 264 g/mol. The van der Waals surface area contributed by atoms with Crippen molar-refractivity contribution in [2.24, 2.45) is 5.73 Å². The van der Waals surface area contributed by atoms with Crippen molar-refractivity contribution >= 4 is 10.0 Å². The first-order valence-corrected chi connectivity index (χ1v) is 7.87. The molecule has 1 aliphatic carbocycles. The van der Waals surface area contributed by atoms with Gasteiger partial charge >= 0.3 is 0 Å². The van der Waals surface area contributed by atoms with Crippen LogP contribution < -0.4 is 10.5 Å². The predicted molar refractivity (Wildman–Crippen MR) is 73.0 cm³/mol. The molecule has 0 bridgehead atoms. The van der Waals surface area contributed by atoms with E-state index in [9.17, 15) is 8.42 Å². The summed E-state index contributed by atoms with van der Waals surface area (Å²) in [4.78, 5) is 6.34. The quantitative estimate of drug-likeness (QED) is 0.731. The second kappa shape index (κ2) is 5.96. The molecule has 0 atom stereocenters. The number of hydrogen-bond acceptors (Lipinski definition) is 5. The molecule has 7 heteroatoms. The van der Waals surface area contributed by atoms with E-state index in [0.717, 1.165) is 0 Å². The van der Waals surface area contributed by atoms with E-state index in [2.05, 4.69) is 14.6 Å². The van der Waals surface area contributed by atoms with Gasteiger partial charge in [-0.3, -0.25) is 4.98 Å². The Bertz CT molecular complexity index is 528. The maximum atomic E-state index is 12.2. The lowest BCUT2D eigenvalue weighted by Gasteiger charge is -2.16. The van der Waals surface area contributed by atoms with Gasteiger partial charge in [0, 0.05) is 31.9 Å². The lowest BCUT2D eigenvalue weighted by molar-refractivity contribution is 0.329. The van der Waals surface area contributed by atoms with Crippen molar-refractivity contribution in [3.8, 4) is 0 Å². The molecule has 19 heavy (non-hydrogen) atoms. The van der Waals surface area contributed by atoms with Crippen LogP contribution in [0.3, 0.4) is 0 Å². The molecule has 0 spiro atoms. The average molecular weight is 284 g/mol. The summed E-state index contributed by atoms with van der Waals surface area (Å²) in [5, 5.41) is 0. The number of nitrogens with zero attached hydrogens (tertiary/aromatic N) is 2. The van der Waals surface area contributed by atoms with Crippen molar-refractivity contribution in [1.82, 2.24) is 14.6 Å². The standard InChI is InChI=1S/C12H20N4O2S/c1-16(10-4-5-10)8-7-15-19(17,18)12-3-2-6-14-11(12)9-13/h2-3,6,10,15H,4-5,7-9,13H2,1H3. The highest BCUT2D eigenvalue weighted by Crippen LogP contribution is 2.24. The molecule has 1 aliphatic rings. The predicted octanol–water partition coefficient (Wildman–Crippen LogP) is -0.0872. The lowest BCUT2D eigenvalue weighted by Crippen LogP contribution is -2.34. The molecule has 1 heterocycles. The Hall–Kier alpha value is -1.02. The van der Waals surface area contributed by atoms with Gasteiger partial charge in [-0.15, -0.1) is 0 Å². The fourth-order valence-electron chi connectivity index (χ4n) is 1.95. The first kappa shape index (κ1) is 14.4. The van der Waals surface area contributed by atoms with Gasteiger partial charge in [0.2, 0.25) is 10.0 Å². The van der Waals surface area contributed by atoms with E-state index in [-0.39, 0.29) is 11.4 Å². The summed E-state index contributed by atoms with van der Waals surface area (Å²) in [7, 11) is -1.51. The van der Waals surface area contributed by atoms with E-state index in [1.807, 2.05) is 7.05 Å². The molecule has 1 fully saturated rings. The molecule has 1 saturated carbocycles. The highest BCUT2D eigenvalue weighted by atomic mass is 32.2. The largest absolute Gasteiger partial charge is 0.325 e. The maximum absolute atomic E-state index is 12.2. The van der Waals surface area contributed by atoms with E-state index < -0.39 is 10.0 Å². The second-order valence-electron chi connectivity index (χ2n) is 4.76. The number of likely N-dealkylation sites (N-methyl/N-ethyl adjacent to an activating group) is 1. The number of pyridine rings is 1. The fourth-order valence-corrected chi connectivity index (χ4v) is 3.17. The average Bonchev–Trinajstić information content (AvgIpc) is 3.22. The monoisotopic (exact) mass is 284 g/mol. The van der Waals surface area contributed by atoms with E-state index in [0.29, 0.717) is 24.8 Å². The molecule has 0 aromatic carbocycles. The van der Waals surface area contributed by atoms with Crippen LogP contribution in [0.15, 0.2) is 23.2 Å². The molecule has 0 unspecified atom stereocenters. The Balaban J connectivity index is 1.97. The Morgan fingerprint density at radius 3 is 2.89 bits per heavy atom. The molecule has 0 aliphatic heterocycles. The van der Waals surface area contributed by atoms with E-state index in [1.54, 1.807) is 12.3 Å². The van der Waals surface area contributed by atoms with Crippen molar-refractivity contribution in [3.05, 3.63) is 24.0 Å². The molecule has 1 aromatic heterocycles. The number of nitrogens with two attached hydrogens (primary N) is 1. The van der Waals surface area contributed by atoms with Crippen LogP contribution in [0, 0.1) is 0 Å². The minimum atomic E-state index is -3.52. The van der Waals surface area contributed by atoms with Crippen LogP contribution >= 0.6 is 0 Å². The van der Waals surface area contributed by atoms with Crippen LogP contribution in [0.2, 0.25) is 0 Å². The molecule has 6 nitrogen and oxygen atoms in total. The maximum Gasteiger partial charge on any atom is 0.242 e. The van der Waals surface area contributed by atoms with E-state index in [1.165, 1.54) is 18.9 Å². The van der Waals surface area contributed by atoms with Crippen LogP contribution in [0.25, 0.3) is 0 Å². The third kappa shape index (κ3) is 3.73. The van der Waals surface area contributed by atoms with Crippen molar-refractivity contribution < 1.29 is 8.42 Å². The number of sulfonamides is 1. The number of hydrogen-bond donors (Lipinski definition) is 2. The van der Waals surface area contributed by atoms with Gasteiger partial charge in [-0.25, -0.2) is 13.1 Å². The molecule has 106 valence electrons. The van der Waals surface area contributed by atoms with Gasteiger partial charge in [0.25, 0.3) is 0 Å². The van der Waals surface area contributed by atoms with Crippen molar-refractivity contribution in [2.45, 2.75) is 30.3 Å². The van der Waals surface area contributed by atoms with E-state index in [4.69, 9.17) is 5.73 Å². The Morgan fingerprint density at radius 1 is 1.53 bits per heavy atom. The summed E-state index contributed by atoms with van der Waals surface area (Å²) in [5.74, 6) is 0. The summed E-state index contributed by atoms with van der Waals surface area (Å²) >= 11 is 0. The number of nitrogens with one attached hydrogen (secondary N) is 1. The van der Waals surface area contributed by atoms with Gasteiger partial charge in [-0.1, -0.05) is 0 Å². The summed E-state index contributed by atoms with van der Waals surface area (Å²) < 4.78 is 26.9. The smallest absolute Gasteiger partial charge is 0.242 e. The van der Waals surface area contributed by atoms with Crippen molar-refractivity contribution in [1.29, 1.82) is 0 Å². The molecule has 0 radical (unpaired) electrons. The third-order valence-corrected chi connectivity index (χ3v) is 4.79. The highest BCUT2D eigenvalue weighted by molar-refractivity contribution is 7.89. The topological polar surface area (TPSA) is 88.3 Å². The molecule has 1 aromatic rings. The second-order valence-corrected chi connectivity index (χ2v) is 6.50. The SMILES string of the molecule is CN(CCNS(=O)(=O)c1cccnc1CN)C1CC1. The van der Waals surface area contributed by atoms with Crippen molar-refractivity contribution in [2.75, 3.05) is 20.1 Å². The van der Waals surface area contributed by atoms with Crippen LogP contribution in [0.1, 0.15) is 18.5 Å². The first-order chi connectivity index (χ1) is 9.04. The number of aromatic nitrogens is 1. The van der Waals surface area contributed by atoms with E-state index >= 15 is 0 Å². The van der Waals surface area contributed by atoms with Crippen LogP contribution in [-0.2, 0) is 16.6 Å². The lowest BCUT2D eigenvalue weighted by atomic mass is 10.3. The summed E-state index contributed by atoms with van der Waals surface area (Å²) in [6.07, 6.45) is 3.97. The normalized spacial score (nSPS) is 15.9. The van der Waals surface area contributed by atoms with Crippen LogP contribution in [-0.4, -0.2) is 44.5 Å². The Kier molecular flexibility index (Phi) is 4.51. The molecule has 0 saturated heterocycles. The Labute approximate surface area is 114 Å². The zero-order chi connectivity index (χ0) is 13.9.